The Labute approximate surface area is 327 Å². The number of nitrogens with zero attached hydrogens (tertiary/aromatic N) is 2. The van der Waals surface area contributed by atoms with Crippen molar-refractivity contribution in [3.63, 3.8) is 0 Å². The fraction of sp³-hybridized carbons (Fsp3) is 0.750. The van der Waals surface area contributed by atoms with Crippen LogP contribution >= 0.6 is 0 Å². The second-order valence-electron chi connectivity index (χ2n) is 19.2. The van der Waals surface area contributed by atoms with Crippen LogP contribution < -0.4 is 10.6 Å². The normalized spacial score (nSPS) is 26.1. The standard InChI is InChI=1S/C44H64N4O7/c1-8-10-15-29(39(53)32(49)18-11-9-2)23-33(50)38-30-19-20-44(21-22-44)31(30)26-48(38)40(54)37(28-16-13-12-14-17-28)46-41(55)45-34(42(3,4)5)27-47-35(51)24-43(6,7)25-36(47)52/h1,9,28-31,34,37-38H,2,10-27H2,3-7H3,(H2,45,46,55)/t29?,30-,31-,34+,37-,38-/m0/s1. The third kappa shape index (κ3) is 9.78. The largest absolute Gasteiger partial charge is 0.333 e. The molecule has 1 spiro atoms. The summed E-state index contributed by atoms with van der Waals surface area (Å²) in [6.45, 7) is 13.7. The molecule has 0 aromatic heterocycles. The van der Waals surface area contributed by atoms with Gasteiger partial charge in [0.1, 0.15) is 6.04 Å². The molecule has 0 bridgehead atoms. The quantitative estimate of drug-likeness (QED) is 0.0857. The molecule has 2 heterocycles. The van der Waals surface area contributed by atoms with Gasteiger partial charge in [-0.1, -0.05) is 60.0 Å². The molecule has 11 nitrogen and oxygen atoms in total. The number of likely N-dealkylation sites (tertiary alicyclic amines) is 2. The van der Waals surface area contributed by atoms with Crippen LogP contribution in [0.15, 0.2) is 12.7 Å². The van der Waals surface area contributed by atoms with Gasteiger partial charge in [-0.05, 0) is 85.4 Å². The molecular weight excluding hydrogens is 697 g/mol. The third-order valence-electron chi connectivity index (χ3n) is 13.5. The van der Waals surface area contributed by atoms with Crippen LogP contribution in [0.25, 0.3) is 0 Å². The molecular formula is C44H64N4O7. The summed E-state index contributed by atoms with van der Waals surface area (Å²) in [5.74, 6) is -0.484. The van der Waals surface area contributed by atoms with E-state index < -0.39 is 52.5 Å². The predicted octanol–water partition coefficient (Wildman–Crippen LogP) is 5.93. The lowest BCUT2D eigenvalue weighted by molar-refractivity contribution is -0.153. The number of nitrogens with one attached hydrogen (secondary N) is 2. The highest BCUT2D eigenvalue weighted by Gasteiger charge is 2.63. The number of amides is 5. The van der Waals surface area contributed by atoms with Crippen LogP contribution in [0.3, 0.4) is 0 Å². The van der Waals surface area contributed by atoms with E-state index >= 15 is 0 Å². The topological polar surface area (TPSA) is 150 Å². The molecule has 2 saturated heterocycles. The summed E-state index contributed by atoms with van der Waals surface area (Å²) < 4.78 is 0. The SMILES string of the molecule is C#CCCC(CC(=O)[C@@H]1[C@H]2CCC3(CC3)[C@H]2CN1C(=O)[C@@H](NC(=O)N[C@H](CN1C(=O)CC(C)(C)CC1=O)C(C)(C)C)C1CCCCC1)C(=O)C(=O)CCC=C. The second kappa shape index (κ2) is 17.1. The zero-order valence-corrected chi connectivity index (χ0v) is 33.9. The van der Waals surface area contributed by atoms with E-state index in [1.807, 2.05) is 34.6 Å². The van der Waals surface area contributed by atoms with Gasteiger partial charge in [0.05, 0.1) is 12.1 Å². The molecule has 5 aliphatic rings. The van der Waals surface area contributed by atoms with Gasteiger partial charge in [-0.2, -0.15) is 0 Å². The van der Waals surface area contributed by atoms with Crippen LogP contribution in [0.4, 0.5) is 4.79 Å². The molecule has 5 rings (SSSR count). The number of carbonyl (C=O) groups is 7. The number of piperidine rings is 1. The number of ketones is 3. The second-order valence-corrected chi connectivity index (χ2v) is 19.2. The Hall–Kier alpha value is -3.81. The van der Waals surface area contributed by atoms with Crippen LogP contribution in [0.2, 0.25) is 0 Å². The van der Waals surface area contributed by atoms with Gasteiger partial charge in [0, 0.05) is 51.1 Å². The number of terminal acetylenes is 1. The average molecular weight is 761 g/mol. The van der Waals surface area contributed by atoms with E-state index in [1.54, 1.807) is 11.0 Å². The molecule has 3 aliphatic carbocycles. The third-order valence-corrected chi connectivity index (χ3v) is 13.5. The minimum absolute atomic E-state index is 0.0243. The van der Waals surface area contributed by atoms with Crippen molar-refractivity contribution in [1.29, 1.82) is 0 Å². The maximum absolute atomic E-state index is 15.0. The molecule has 6 atom stereocenters. The van der Waals surface area contributed by atoms with Gasteiger partial charge in [0.15, 0.2) is 11.6 Å². The molecule has 2 N–H and O–H groups in total. The first-order valence-electron chi connectivity index (χ1n) is 20.8. The zero-order valence-electron chi connectivity index (χ0n) is 33.9. The van der Waals surface area contributed by atoms with Gasteiger partial charge < -0.3 is 15.5 Å². The summed E-state index contributed by atoms with van der Waals surface area (Å²) in [7, 11) is 0. The number of imide groups is 1. The Kier molecular flexibility index (Phi) is 13.2. The Balaban J connectivity index is 1.38. The molecule has 1 unspecified atom stereocenters. The molecule has 11 heteroatoms. The maximum atomic E-state index is 15.0. The number of hydrogen-bond acceptors (Lipinski definition) is 7. The molecule has 0 radical (unpaired) electrons. The van der Waals surface area contributed by atoms with Gasteiger partial charge in [-0.25, -0.2) is 4.79 Å². The summed E-state index contributed by atoms with van der Waals surface area (Å²) in [6.07, 6.45) is 16.7. The number of allylic oxidation sites excluding steroid dienone is 1. The molecule has 0 aromatic carbocycles. The van der Waals surface area contributed by atoms with E-state index in [-0.39, 0.29) is 91.7 Å². The van der Waals surface area contributed by atoms with E-state index in [2.05, 4.69) is 23.1 Å². The van der Waals surface area contributed by atoms with E-state index in [4.69, 9.17) is 6.42 Å². The Morgan fingerprint density at radius 1 is 0.982 bits per heavy atom. The number of carbonyl (C=O) groups excluding carboxylic acids is 7. The first-order chi connectivity index (χ1) is 25.9. The molecule has 2 aliphatic heterocycles. The van der Waals surface area contributed by atoms with Crippen molar-refractivity contribution in [2.75, 3.05) is 13.1 Å². The van der Waals surface area contributed by atoms with E-state index in [9.17, 15) is 33.6 Å². The number of fused-ring (bicyclic) bond motifs is 2. The number of urea groups is 1. The van der Waals surface area contributed by atoms with Crippen molar-refractivity contribution in [3.05, 3.63) is 12.7 Å². The van der Waals surface area contributed by atoms with Crippen molar-refractivity contribution in [1.82, 2.24) is 20.4 Å². The van der Waals surface area contributed by atoms with Crippen molar-refractivity contribution < 1.29 is 33.6 Å². The van der Waals surface area contributed by atoms with Crippen molar-refractivity contribution in [2.24, 2.45) is 39.9 Å². The summed E-state index contributed by atoms with van der Waals surface area (Å²) >= 11 is 0. The van der Waals surface area contributed by atoms with Gasteiger partial charge in [0.2, 0.25) is 23.5 Å². The highest BCUT2D eigenvalue weighted by atomic mass is 16.2. The minimum atomic E-state index is -0.886. The molecule has 3 saturated carbocycles. The Morgan fingerprint density at radius 3 is 2.22 bits per heavy atom. The first kappa shape index (κ1) is 42.3. The average Bonchev–Trinajstić information content (AvgIpc) is 3.69. The fourth-order valence-electron chi connectivity index (χ4n) is 10.0. The van der Waals surface area contributed by atoms with Gasteiger partial charge >= 0.3 is 6.03 Å². The van der Waals surface area contributed by atoms with Crippen LogP contribution in [0.5, 0.6) is 0 Å². The lowest BCUT2D eigenvalue weighted by Gasteiger charge is -2.40. The number of hydrogen-bond donors (Lipinski definition) is 2. The van der Waals surface area contributed by atoms with Crippen LogP contribution in [-0.4, -0.2) is 82.1 Å². The highest BCUT2D eigenvalue weighted by Crippen LogP contribution is 2.66. The first-order valence-corrected chi connectivity index (χ1v) is 20.8. The van der Waals surface area contributed by atoms with Crippen molar-refractivity contribution in [2.45, 2.75) is 155 Å². The monoisotopic (exact) mass is 760 g/mol. The lowest BCUT2D eigenvalue weighted by atomic mass is 9.80. The summed E-state index contributed by atoms with van der Waals surface area (Å²) in [6, 6.07) is -2.78. The van der Waals surface area contributed by atoms with E-state index in [1.165, 1.54) is 4.90 Å². The molecule has 5 amide bonds. The van der Waals surface area contributed by atoms with Crippen LogP contribution in [-0.2, 0) is 28.8 Å². The van der Waals surface area contributed by atoms with E-state index in [0.29, 0.717) is 13.0 Å². The van der Waals surface area contributed by atoms with E-state index in [0.717, 1.165) is 57.8 Å². The summed E-state index contributed by atoms with van der Waals surface area (Å²) in [5.41, 5.74) is -0.826. The summed E-state index contributed by atoms with van der Waals surface area (Å²) in [4.78, 5) is 98.9. The molecule has 0 aromatic rings. The predicted molar refractivity (Wildman–Crippen MR) is 209 cm³/mol. The summed E-state index contributed by atoms with van der Waals surface area (Å²) in [5, 5.41) is 6.09. The van der Waals surface area contributed by atoms with Crippen molar-refractivity contribution in [3.8, 4) is 12.3 Å². The van der Waals surface area contributed by atoms with Crippen LogP contribution in [0, 0.1) is 52.3 Å². The minimum Gasteiger partial charge on any atom is -0.333 e. The van der Waals surface area contributed by atoms with Gasteiger partial charge in [-0.3, -0.25) is 33.7 Å². The highest BCUT2D eigenvalue weighted by molar-refractivity contribution is 6.38. The zero-order chi connectivity index (χ0) is 40.3. The Bertz CT molecular complexity index is 1560. The molecule has 55 heavy (non-hydrogen) atoms. The Morgan fingerprint density at radius 2 is 1.64 bits per heavy atom. The molecule has 5 fully saturated rings. The van der Waals surface area contributed by atoms with Crippen LogP contribution in [0.1, 0.15) is 137 Å². The number of Topliss-reactive ketones (excluding diaryl/α,β-unsaturated/α-hetero) is 3. The maximum Gasteiger partial charge on any atom is 0.315 e. The van der Waals surface area contributed by atoms with Crippen molar-refractivity contribution >= 4 is 41.1 Å². The lowest BCUT2D eigenvalue weighted by Crippen LogP contribution is -2.61. The van der Waals surface area contributed by atoms with Gasteiger partial charge in [-0.15, -0.1) is 18.9 Å². The van der Waals surface area contributed by atoms with Gasteiger partial charge in [0.25, 0.3) is 0 Å². The smallest absolute Gasteiger partial charge is 0.315 e. The molecule has 302 valence electrons. The number of rotatable bonds is 16. The fourth-order valence-corrected chi connectivity index (χ4v) is 10.0.